The highest BCUT2D eigenvalue weighted by atomic mass is 35.5. The molecule has 1 fully saturated rings. The van der Waals surface area contributed by atoms with Crippen molar-refractivity contribution in [2.75, 3.05) is 4.90 Å². The summed E-state index contributed by atoms with van der Waals surface area (Å²) < 4.78 is 0. The molecule has 3 aromatic rings. The number of ketones is 1. The first-order valence-electron chi connectivity index (χ1n) is 9.67. The Morgan fingerprint density at radius 2 is 1.69 bits per heavy atom. The van der Waals surface area contributed by atoms with Crippen molar-refractivity contribution in [3.05, 3.63) is 110 Å². The lowest BCUT2D eigenvalue weighted by Gasteiger charge is -2.25. The van der Waals surface area contributed by atoms with Crippen LogP contribution in [0.25, 0.3) is 5.76 Å². The minimum absolute atomic E-state index is 0.103. The van der Waals surface area contributed by atoms with Crippen molar-refractivity contribution >= 4 is 40.4 Å². The molecule has 4 rings (SSSR count). The molecule has 160 valence electrons. The number of para-hydroxylation sites is 1. The molecular formula is C24H17ClN2O5. The van der Waals surface area contributed by atoms with Gasteiger partial charge in [0.2, 0.25) is 0 Å². The number of rotatable bonds is 4. The standard InChI is InChI=1S/C24H17ClN2O5/c1-14-11-12-16(13-18(14)25)26-21(17-9-5-6-10-19(17)27(31)32)20(23(29)24(26)30)22(28)15-7-3-2-4-8-15/h2-13,21,28H,1H3/t21-/m0/s1. The van der Waals surface area contributed by atoms with Crippen molar-refractivity contribution in [1.29, 1.82) is 0 Å². The lowest BCUT2D eigenvalue weighted by molar-refractivity contribution is -0.385. The summed E-state index contributed by atoms with van der Waals surface area (Å²) in [4.78, 5) is 38.5. The lowest BCUT2D eigenvalue weighted by atomic mass is 9.94. The molecule has 1 heterocycles. The molecule has 0 aromatic heterocycles. The fourth-order valence-corrected chi connectivity index (χ4v) is 3.94. The number of carbonyl (C=O) groups is 2. The molecule has 0 saturated carbocycles. The van der Waals surface area contributed by atoms with Crippen molar-refractivity contribution in [3.8, 4) is 0 Å². The Morgan fingerprint density at radius 3 is 2.34 bits per heavy atom. The summed E-state index contributed by atoms with van der Waals surface area (Å²) in [7, 11) is 0. The number of nitro benzene ring substituents is 1. The fraction of sp³-hybridized carbons (Fsp3) is 0.0833. The van der Waals surface area contributed by atoms with Gasteiger partial charge in [0.1, 0.15) is 11.8 Å². The van der Waals surface area contributed by atoms with E-state index in [0.29, 0.717) is 10.6 Å². The third-order valence-corrected chi connectivity index (χ3v) is 5.76. The van der Waals surface area contributed by atoms with Gasteiger partial charge in [-0.3, -0.25) is 24.6 Å². The van der Waals surface area contributed by atoms with Crippen LogP contribution in [0, 0.1) is 17.0 Å². The summed E-state index contributed by atoms with van der Waals surface area (Å²) in [6, 6.07) is 17.7. The second kappa shape index (κ2) is 8.28. The van der Waals surface area contributed by atoms with Crippen LogP contribution in [0.3, 0.4) is 0 Å². The number of aryl methyl sites for hydroxylation is 1. The molecule has 0 bridgehead atoms. The van der Waals surface area contributed by atoms with E-state index in [1.54, 1.807) is 55.5 Å². The number of benzene rings is 3. The Kier molecular flexibility index (Phi) is 5.50. The minimum Gasteiger partial charge on any atom is -0.507 e. The second-order valence-electron chi connectivity index (χ2n) is 7.28. The Morgan fingerprint density at radius 1 is 1.03 bits per heavy atom. The fourth-order valence-electron chi connectivity index (χ4n) is 3.76. The number of nitrogens with zero attached hydrogens (tertiary/aromatic N) is 2. The van der Waals surface area contributed by atoms with Crippen LogP contribution in [0.1, 0.15) is 22.7 Å². The third kappa shape index (κ3) is 3.52. The first kappa shape index (κ1) is 21.3. The number of amides is 1. The van der Waals surface area contributed by atoms with Crippen LogP contribution in [-0.2, 0) is 9.59 Å². The van der Waals surface area contributed by atoms with Crippen molar-refractivity contribution in [3.63, 3.8) is 0 Å². The normalized spacial score (nSPS) is 17.6. The van der Waals surface area contributed by atoms with E-state index in [1.165, 1.54) is 24.3 Å². The number of aliphatic hydroxyl groups excluding tert-OH is 1. The van der Waals surface area contributed by atoms with E-state index in [1.807, 2.05) is 0 Å². The summed E-state index contributed by atoms with van der Waals surface area (Å²) in [5.74, 6) is -2.26. The van der Waals surface area contributed by atoms with E-state index in [-0.39, 0.29) is 22.5 Å². The van der Waals surface area contributed by atoms with E-state index < -0.39 is 28.4 Å². The third-order valence-electron chi connectivity index (χ3n) is 5.35. The largest absolute Gasteiger partial charge is 0.507 e. The summed E-state index contributed by atoms with van der Waals surface area (Å²) in [5, 5.41) is 23.1. The van der Waals surface area contributed by atoms with Gasteiger partial charge in [0.15, 0.2) is 0 Å². The highest BCUT2D eigenvalue weighted by Gasteiger charge is 2.49. The van der Waals surface area contributed by atoms with Crippen LogP contribution in [0.4, 0.5) is 11.4 Å². The zero-order valence-corrected chi connectivity index (χ0v) is 17.6. The molecule has 0 spiro atoms. The summed E-state index contributed by atoms with van der Waals surface area (Å²) >= 11 is 6.25. The number of nitro groups is 1. The molecule has 1 aliphatic heterocycles. The van der Waals surface area contributed by atoms with Gasteiger partial charge < -0.3 is 5.11 Å². The number of aliphatic hydroxyl groups is 1. The summed E-state index contributed by atoms with van der Waals surface area (Å²) in [6.45, 7) is 1.79. The van der Waals surface area contributed by atoms with Gasteiger partial charge in [-0.1, -0.05) is 60.1 Å². The number of hydrogen-bond acceptors (Lipinski definition) is 5. The zero-order chi connectivity index (χ0) is 23.0. The quantitative estimate of drug-likeness (QED) is 0.195. The van der Waals surface area contributed by atoms with Gasteiger partial charge in [-0.2, -0.15) is 0 Å². The van der Waals surface area contributed by atoms with E-state index in [9.17, 15) is 24.8 Å². The van der Waals surface area contributed by atoms with Gasteiger partial charge in [-0.25, -0.2) is 0 Å². The predicted octanol–water partition coefficient (Wildman–Crippen LogP) is 5.18. The van der Waals surface area contributed by atoms with Crippen molar-refractivity contribution in [2.45, 2.75) is 13.0 Å². The van der Waals surface area contributed by atoms with Gasteiger partial charge in [-0.15, -0.1) is 0 Å². The average molecular weight is 449 g/mol. The van der Waals surface area contributed by atoms with Gasteiger partial charge >= 0.3 is 0 Å². The Labute approximate surface area is 188 Å². The zero-order valence-electron chi connectivity index (χ0n) is 16.9. The molecule has 1 amide bonds. The van der Waals surface area contributed by atoms with Gasteiger partial charge in [0, 0.05) is 22.3 Å². The van der Waals surface area contributed by atoms with Crippen molar-refractivity contribution in [1.82, 2.24) is 0 Å². The second-order valence-corrected chi connectivity index (χ2v) is 7.69. The first-order chi connectivity index (χ1) is 15.3. The lowest BCUT2D eigenvalue weighted by Crippen LogP contribution is -2.29. The molecular weight excluding hydrogens is 432 g/mol. The molecule has 8 heteroatoms. The van der Waals surface area contributed by atoms with Crippen LogP contribution in [0.5, 0.6) is 0 Å². The molecule has 1 saturated heterocycles. The molecule has 0 radical (unpaired) electrons. The SMILES string of the molecule is Cc1ccc(N2C(=O)C(=O)C(=C(O)c3ccccc3)[C@@H]2c2ccccc2[N+](=O)[O-])cc1Cl. The Bertz CT molecular complexity index is 1290. The molecule has 32 heavy (non-hydrogen) atoms. The summed E-state index contributed by atoms with van der Waals surface area (Å²) in [6.07, 6.45) is 0. The molecule has 0 aliphatic carbocycles. The number of carbonyl (C=O) groups excluding carboxylic acids is 2. The topological polar surface area (TPSA) is 101 Å². The van der Waals surface area contributed by atoms with Gasteiger partial charge in [-0.05, 0) is 30.7 Å². The molecule has 3 aromatic carbocycles. The average Bonchev–Trinajstić information content (AvgIpc) is 3.06. The van der Waals surface area contributed by atoms with Crippen LogP contribution in [0.2, 0.25) is 5.02 Å². The first-order valence-corrected chi connectivity index (χ1v) is 10.0. The van der Waals surface area contributed by atoms with E-state index in [4.69, 9.17) is 11.6 Å². The maximum atomic E-state index is 13.1. The Hall–Kier alpha value is -3.97. The van der Waals surface area contributed by atoms with Crippen molar-refractivity contribution < 1.29 is 19.6 Å². The van der Waals surface area contributed by atoms with E-state index in [2.05, 4.69) is 0 Å². The minimum atomic E-state index is -1.21. The van der Waals surface area contributed by atoms with E-state index >= 15 is 0 Å². The monoisotopic (exact) mass is 448 g/mol. The van der Waals surface area contributed by atoms with Crippen LogP contribution >= 0.6 is 11.6 Å². The van der Waals surface area contributed by atoms with Gasteiger partial charge in [0.25, 0.3) is 17.4 Å². The highest BCUT2D eigenvalue weighted by Crippen LogP contribution is 2.45. The predicted molar refractivity (Wildman–Crippen MR) is 121 cm³/mol. The van der Waals surface area contributed by atoms with Crippen LogP contribution in [-0.4, -0.2) is 21.7 Å². The molecule has 1 atom stereocenters. The number of anilines is 1. The smallest absolute Gasteiger partial charge is 0.300 e. The number of halogens is 1. The Balaban J connectivity index is 2.02. The highest BCUT2D eigenvalue weighted by molar-refractivity contribution is 6.52. The van der Waals surface area contributed by atoms with Gasteiger partial charge in [0.05, 0.1) is 16.1 Å². The molecule has 0 unspecified atom stereocenters. The van der Waals surface area contributed by atoms with Crippen LogP contribution in [0.15, 0.2) is 78.4 Å². The maximum Gasteiger partial charge on any atom is 0.300 e. The summed E-state index contributed by atoms with van der Waals surface area (Å²) in [5.41, 5.74) is 0.965. The van der Waals surface area contributed by atoms with Crippen molar-refractivity contribution in [2.24, 2.45) is 0 Å². The number of hydrogen-bond donors (Lipinski definition) is 1. The molecule has 1 N–H and O–H groups in total. The maximum absolute atomic E-state index is 13.1. The number of Topliss-reactive ketones (excluding diaryl/α,β-unsaturated/α-hetero) is 1. The molecule has 1 aliphatic rings. The molecule has 7 nitrogen and oxygen atoms in total. The van der Waals surface area contributed by atoms with E-state index in [0.717, 1.165) is 10.5 Å². The van der Waals surface area contributed by atoms with Crippen LogP contribution < -0.4 is 4.90 Å².